The van der Waals surface area contributed by atoms with Gasteiger partial charge >= 0.3 is 0 Å². The summed E-state index contributed by atoms with van der Waals surface area (Å²) < 4.78 is 0. The lowest BCUT2D eigenvalue weighted by Crippen LogP contribution is -2.10. The summed E-state index contributed by atoms with van der Waals surface area (Å²) in [6.07, 6.45) is 10.4. The van der Waals surface area contributed by atoms with Gasteiger partial charge in [-0.05, 0) is 49.9 Å². The van der Waals surface area contributed by atoms with E-state index in [0.717, 1.165) is 17.8 Å². The van der Waals surface area contributed by atoms with Gasteiger partial charge in [0.1, 0.15) is 0 Å². The first kappa shape index (κ1) is 8.08. The monoisotopic (exact) mass is 176 g/mol. The van der Waals surface area contributed by atoms with E-state index in [9.17, 15) is 0 Å². The van der Waals surface area contributed by atoms with Crippen LogP contribution in [0.3, 0.4) is 0 Å². The highest BCUT2D eigenvalue weighted by Gasteiger charge is 2.36. The summed E-state index contributed by atoms with van der Waals surface area (Å²) in [7, 11) is 0. The summed E-state index contributed by atoms with van der Waals surface area (Å²) >= 11 is 0. The van der Waals surface area contributed by atoms with Gasteiger partial charge in [-0.2, -0.15) is 0 Å². The second kappa shape index (κ2) is 2.87. The first-order valence-electron chi connectivity index (χ1n) is 6.05. The van der Waals surface area contributed by atoms with Crippen molar-refractivity contribution in [3.8, 4) is 0 Å². The fraction of sp³-hybridized carbons (Fsp3) is 0.846. The van der Waals surface area contributed by atoms with Gasteiger partial charge < -0.3 is 0 Å². The van der Waals surface area contributed by atoms with Crippen LogP contribution in [0.1, 0.15) is 51.9 Å². The van der Waals surface area contributed by atoms with Gasteiger partial charge in [0, 0.05) is 0 Å². The molecule has 2 fully saturated rings. The second-order valence-electron chi connectivity index (χ2n) is 5.46. The Morgan fingerprint density at radius 1 is 1.08 bits per heavy atom. The minimum atomic E-state index is 1.00. The average Bonchev–Trinajstić information content (AvgIpc) is 2.77. The molecule has 0 nitrogen and oxygen atoms in total. The third-order valence-corrected chi connectivity index (χ3v) is 4.66. The van der Waals surface area contributed by atoms with Crippen molar-refractivity contribution < 1.29 is 0 Å². The molecule has 0 aromatic heterocycles. The minimum Gasteiger partial charge on any atom is -0.0704 e. The van der Waals surface area contributed by atoms with Gasteiger partial charge in [0.05, 0.1) is 0 Å². The first-order chi connectivity index (χ1) is 6.34. The predicted molar refractivity (Wildman–Crippen MR) is 55.5 cm³/mol. The lowest BCUT2D eigenvalue weighted by molar-refractivity contribution is 0.439. The van der Waals surface area contributed by atoms with Crippen molar-refractivity contribution in [2.45, 2.75) is 51.9 Å². The Labute approximate surface area is 81.4 Å². The van der Waals surface area contributed by atoms with Gasteiger partial charge in [-0.3, -0.25) is 0 Å². The molecule has 2 bridgehead atoms. The number of hydrogen-bond acceptors (Lipinski definition) is 0. The second-order valence-corrected chi connectivity index (χ2v) is 5.46. The molecule has 0 amide bonds. The van der Waals surface area contributed by atoms with Crippen molar-refractivity contribution in [1.29, 1.82) is 0 Å². The zero-order valence-electron chi connectivity index (χ0n) is 8.68. The molecule has 3 atom stereocenters. The smallest absolute Gasteiger partial charge is 0.0175 e. The zero-order valence-corrected chi connectivity index (χ0v) is 8.68. The molecule has 3 rings (SSSR count). The summed E-state index contributed by atoms with van der Waals surface area (Å²) in [6.45, 7) is 2.47. The zero-order chi connectivity index (χ0) is 8.84. The van der Waals surface area contributed by atoms with Crippen LogP contribution in [-0.4, -0.2) is 0 Å². The number of allylic oxidation sites excluding steroid dienone is 2. The molecule has 72 valence electrons. The molecule has 13 heavy (non-hydrogen) atoms. The largest absolute Gasteiger partial charge is 0.0704 e. The van der Waals surface area contributed by atoms with E-state index in [-0.39, 0.29) is 0 Å². The van der Waals surface area contributed by atoms with E-state index >= 15 is 0 Å². The molecule has 0 saturated heterocycles. The third kappa shape index (κ3) is 1.18. The predicted octanol–water partition coefficient (Wildman–Crippen LogP) is 3.92. The van der Waals surface area contributed by atoms with E-state index in [4.69, 9.17) is 0 Å². The van der Waals surface area contributed by atoms with Crippen molar-refractivity contribution in [2.24, 2.45) is 17.8 Å². The number of fused-ring (bicyclic) bond motifs is 2. The van der Waals surface area contributed by atoms with Crippen LogP contribution in [0, 0.1) is 17.8 Å². The topological polar surface area (TPSA) is 0 Å². The summed E-state index contributed by atoms with van der Waals surface area (Å²) in [5, 5.41) is 0. The molecule has 0 aromatic carbocycles. The highest BCUT2D eigenvalue weighted by atomic mass is 14.4. The number of hydrogen-bond donors (Lipinski definition) is 0. The normalized spacial score (nSPS) is 43.6. The molecule has 0 radical (unpaired) electrons. The van der Waals surface area contributed by atoms with E-state index in [0.29, 0.717) is 0 Å². The molecule has 0 heteroatoms. The maximum atomic E-state index is 2.47. The van der Waals surface area contributed by atoms with Crippen LogP contribution in [-0.2, 0) is 0 Å². The van der Waals surface area contributed by atoms with Crippen LogP contribution in [0.2, 0.25) is 0 Å². The van der Waals surface area contributed by atoms with Crippen molar-refractivity contribution in [3.63, 3.8) is 0 Å². The molecule has 0 spiro atoms. The van der Waals surface area contributed by atoms with Gasteiger partial charge in [0.25, 0.3) is 0 Å². The van der Waals surface area contributed by atoms with E-state index in [1.165, 1.54) is 44.9 Å². The highest BCUT2D eigenvalue weighted by molar-refractivity contribution is 5.28. The van der Waals surface area contributed by atoms with Crippen molar-refractivity contribution >= 4 is 0 Å². The molecular weight excluding hydrogens is 156 g/mol. The van der Waals surface area contributed by atoms with Crippen LogP contribution >= 0.6 is 0 Å². The van der Waals surface area contributed by atoms with Crippen molar-refractivity contribution in [3.05, 3.63) is 11.1 Å². The quantitative estimate of drug-likeness (QED) is 0.531. The van der Waals surface area contributed by atoms with Gasteiger partial charge in [-0.25, -0.2) is 0 Å². The van der Waals surface area contributed by atoms with Gasteiger partial charge in [-0.15, -0.1) is 0 Å². The Morgan fingerprint density at radius 2 is 2.00 bits per heavy atom. The van der Waals surface area contributed by atoms with Gasteiger partial charge in [0.2, 0.25) is 0 Å². The average molecular weight is 176 g/mol. The molecule has 0 heterocycles. The molecule has 0 aliphatic heterocycles. The summed E-state index contributed by atoms with van der Waals surface area (Å²) in [6, 6.07) is 0. The van der Waals surface area contributed by atoms with E-state index in [2.05, 4.69) is 6.92 Å². The maximum Gasteiger partial charge on any atom is -0.0175 e. The van der Waals surface area contributed by atoms with Crippen LogP contribution in [0.15, 0.2) is 11.1 Å². The number of rotatable bonds is 1. The molecule has 3 unspecified atom stereocenters. The van der Waals surface area contributed by atoms with Crippen molar-refractivity contribution in [1.82, 2.24) is 0 Å². The maximum absolute atomic E-state index is 2.47. The lowest BCUT2D eigenvalue weighted by atomic mass is 9.84. The van der Waals surface area contributed by atoms with Crippen LogP contribution in [0.5, 0.6) is 0 Å². The Balaban J connectivity index is 1.85. The van der Waals surface area contributed by atoms with Crippen LogP contribution < -0.4 is 0 Å². The lowest BCUT2D eigenvalue weighted by Gasteiger charge is -2.22. The Bertz CT molecular complexity index is 249. The molecule has 0 N–H and O–H groups in total. The van der Waals surface area contributed by atoms with Gasteiger partial charge in [-0.1, -0.05) is 30.9 Å². The van der Waals surface area contributed by atoms with Crippen LogP contribution in [0.4, 0.5) is 0 Å². The Hall–Kier alpha value is -0.260. The molecule has 2 saturated carbocycles. The van der Waals surface area contributed by atoms with Crippen molar-refractivity contribution in [2.75, 3.05) is 0 Å². The SMILES string of the molecule is CC1CCCC1C1=C2CCC(C2)C1. The van der Waals surface area contributed by atoms with Crippen LogP contribution in [0.25, 0.3) is 0 Å². The molecule has 0 aromatic rings. The Morgan fingerprint density at radius 3 is 2.54 bits per heavy atom. The van der Waals surface area contributed by atoms with E-state index in [1.54, 1.807) is 0 Å². The van der Waals surface area contributed by atoms with E-state index < -0.39 is 0 Å². The fourth-order valence-corrected chi connectivity index (χ4v) is 3.93. The standard InChI is InChI=1S/C13H20/c1-9-3-2-4-12(9)13-8-10-5-6-11(13)7-10/h9-10,12H,2-8H2,1H3. The summed E-state index contributed by atoms with van der Waals surface area (Å²) in [4.78, 5) is 0. The first-order valence-corrected chi connectivity index (χ1v) is 6.05. The summed E-state index contributed by atoms with van der Waals surface area (Å²) in [5.74, 6) is 3.10. The minimum absolute atomic E-state index is 1.00. The summed E-state index contributed by atoms with van der Waals surface area (Å²) in [5.41, 5.74) is 3.82. The van der Waals surface area contributed by atoms with Gasteiger partial charge in [0.15, 0.2) is 0 Å². The Kier molecular flexibility index (Phi) is 1.78. The molecule has 3 aliphatic rings. The van der Waals surface area contributed by atoms with E-state index in [1.807, 2.05) is 11.1 Å². The molecule has 3 aliphatic carbocycles. The fourth-order valence-electron chi connectivity index (χ4n) is 3.93. The third-order valence-electron chi connectivity index (χ3n) is 4.66. The highest BCUT2D eigenvalue weighted by Crippen LogP contribution is 2.51. The molecular formula is C13H20.